The second-order valence-corrected chi connectivity index (χ2v) is 3.65. The van der Waals surface area contributed by atoms with E-state index < -0.39 is 5.97 Å². The van der Waals surface area contributed by atoms with Gasteiger partial charge in [-0.15, -0.1) is 0 Å². The van der Waals surface area contributed by atoms with E-state index in [2.05, 4.69) is 0 Å². The van der Waals surface area contributed by atoms with Gasteiger partial charge in [0.1, 0.15) is 11.9 Å². The fourth-order valence-electron chi connectivity index (χ4n) is 1.25. The number of phenols is 1. The van der Waals surface area contributed by atoms with Crippen LogP contribution in [-0.4, -0.2) is 30.4 Å². The Labute approximate surface area is 100 Å². The molecule has 0 spiro atoms. The predicted molar refractivity (Wildman–Crippen MR) is 63.9 cm³/mol. The van der Waals surface area contributed by atoms with Crippen molar-refractivity contribution >= 4 is 11.7 Å². The number of phenolic OH excluding ortho intramolecular Hbond substituents is 1. The molecule has 1 atom stereocenters. The van der Waals surface area contributed by atoms with Crippen molar-refractivity contribution in [1.29, 1.82) is 0 Å². The summed E-state index contributed by atoms with van der Waals surface area (Å²) in [5.74, 6) is -0.534. The quantitative estimate of drug-likeness (QED) is 0.463. The first-order valence-electron chi connectivity index (χ1n) is 5.41. The average molecular weight is 239 g/mol. The van der Waals surface area contributed by atoms with E-state index >= 15 is 0 Å². The van der Waals surface area contributed by atoms with Crippen LogP contribution in [0.4, 0.5) is 5.69 Å². The van der Waals surface area contributed by atoms with Crippen molar-refractivity contribution < 1.29 is 19.4 Å². The van der Waals surface area contributed by atoms with Crippen LogP contribution >= 0.6 is 0 Å². The maximum Gasteiger partial charge on any atom is 0.338 e. The van der Waals surface area contributed by atoms with Crippen LogP contribution in [0.25, 0.3) is 0 Å². The normalized spacial score (nSPS) is 12.1. The van der Waals surface area contributed by atoms with Gasteiger partial charge in [0.25, 0.3) is 0 Å². The number of nitrogen functional groups attached to an aromatic ring is 1. The fourth-order valence-corrected chi connectivity index (χ4v) is 1.25. The maximum atomic E-state index is 11.7. The summed E-state index contributed by atoms with van der Waals surface area (Å²) < 4.78 is 10.3. The van der Waals surface area contributed by atoms with Gasteiger partial charge in [-0.2, -0.15) is 0 Å². The van der Waals surface area contributed by atoms with Gasteiger partial charge in [0.05, 0.1) is 17.9 Å². The minimum absolute atomic E-state index is 0.0519. The van der Waals surface area contributed by atoms with Crippen LogP contribution in [0.5, 0.6) is 5.75 Å². The van der Waals surface area contributed by atoms with Gasteiger partial charge in [-0.3, -0.25) is 0 Å². The molecule has 1 rings (SSSR count). The molecule has 3 N–H and O–H groups in total. The first-order chi connectivity index (χ1) is 8.04. The summed E-state index contributed by atoms with van der Waals surface area (Å²) in [5, 5.41) is 9.23. The van der Waals surface area contributed by atoms with Gasteiger partial charge >= 0.3 is 5.97 Å². The molecule has 1 unspecified atom stereocenters. The Morgan fingerprint density at radius 1 is 1.53 bits per heavy atom. The molecule has 1 aromatic carbocycles. The third-order valence-corrected chi connectivity index (χ3v) is 2.13. The van der Waals surface area contributed by atoms with Crippen molar-refractivity contribution in [2.75, 3.05) is 18.9 Å². The molecule has 0 saturated carbocycles. The molecule has 0 fully saturated rings. The second kappa shape index (κ2) is 6.10. The number of ether oxygens (including phenoxy) is 2. The second-order valence-electron chi connectivity index (χ2n) is 3.65. The molecular formula is C12H17NO4. The summed E-state index contributed by atoms with van der Waals surface area (Å²) in [7, 11) is 0. The topological polar surface area (TPSA) is 81.8 Å². The summed E-state index contributed by atoms with van der Waals surface area (Å²) in [4.78, 5) is 11.7. The molecule has 0 amide bonds. The lowest BCUT2D eigenvalue weighted by molar-refractivity contribution is 0.00440. The standard InChI is InChI=1S/C12H17NO4/c1-3-16-7-8(2)17-12(15)9-4-5-11(14)10(13)6-9/h4-6,8,14H,3,7,13H2,1-2H3. The van der Waals surface area contributed by atoms with Crippen LogP contribution in [0, 0.1) is 0 Å². The molecule has 1 aromatic rings. The Morgan fingerprint density at radius 2 is 2.24 bits per heavy atom. The molecule has 5 heteroatoms. The minimum atomic E-state index is -0.482. The molecule has 17 heavy (non-hydrogen) atoms. The van der Waals surface area contributed by atoms with Gasteiger partial charge in [-0.25, -0.2) is 4.79 Å². The molecule has 0 radical (unpaired) electrons. The highest BCUT2D eigenvalue weighted by Gasteiger charge is 2.13. The number of anilines is 1. The van der Waals surface area contributed by atoms with Crippen molar-refractivity contribution in [2.24, 2.45) is 0 Å². The number of carbonyl (C=O) groups is 1. The molecule has 0 heterocycles. The summed E-state index contributed by atoms with van der Waals surface area (Å²) >= 11 is 0. The van der Waals surface area contributed by atoms with Gasteiger partial charge in [0.2, 0.25) is 0 Å². The first kappa shape index (κ1) is 13.3. The van der Waals surface area contributed by atoms with Gasteiger partial charge in [0.15, 0.2) is 0 Å². The van der Waals surface area contributed by atoms with Crippen molar-refractivity contribution in [3.63, 3.8) is 0 Å². The number of nitrogens with two attached hydrogens (primary N) is 1. The number of carbonyl (C=O) groups excluding carboxylic acids is 1. The zero-order chi connectivity index (χ0) is 12.8. The van der Waals surface area contributed by atoms with E-state index in [0.29, 0.717) is 18.8 Å². The molecule has 0 aromatic heterocycles. The number of aromatic hydroxyl groups is 1. The zero-order valence-corrected chi connectivity index (χ0v) is 9.97. The van der Waals surface area contributed by atoms with Crippen LogP contribution in [0.1, 0.15) is 24.2 Å². The minimum Gasteiger partial charge on any atom is -0.506 e. The summed E-state index contributed by atoms with van der Waals surface area (Å²) in [6, 6.07) is 4.20. The molecule has 0 bridgehead atoms. The van der Waals surface area contributed by atoms with Crippen molar-refractivity contribution in [2.45, 2.75) is 20.0 Å². The Kier molecular flexibility index (Phi) is 4.78. The van der Waals surface area contributed by atoms with Crippen LogP contribution in [0.3, 0.4) is 0 Å². The Hall–Kier alpha value is -1.75. The van der Waals surface area contributed by atoms with Crippen molar-refractivity contribution in [3.8, 4) is 5.75 Å². The zero-order valence-electron chi connectivity index (χ0n) is 9.97. The smallest absolute Gasteiger partial charge is 0.338 e. The molecular weight excluding hydrogens is 222 g/mol. The highest BCUT2D eigenvalue weighted by atomic mass is 16.6. The van der Waals surface area contributed by atoms with Gasteiger partial charge in [0, 0.05) is 6.61 Å². The lowest BCUT2D eigenvalue weighted by Crippen LogP contribution is -2.20. The van der Waals surface area contributed by atoms with Crippen LogP contribution in [-0.2, 0) is 9.47 Å². The van der Waals surface area contributed by atoms with E-state index in [1.165, 1.54) is 18.2 Å². The van der Waals surface area contributed by atoms with Crippen molar-refractivity contribution in [3.05, 3.63) is 23.8 Å². The lowest BCUT2D eigenvalue weighted by Gasteiger charge is -2.13. The summed E-state index contributed by atoms with van der Waals surface area (Å²) in [6.07, 6.45) is -0.322. The number of benzene rings is 1. The van der Waals surface area contributed by atoms with Crippen molar-refractivity contribution in [1.82, 2.24) is 0 Å². The number of esters is 1. The third-order valence-electron chi connectivity index (χ3n) is 2.13. The third kappa shape index (κ3) is 3.96. The molecule has 0 aliphatic carbocycles. The molecule has 94 valence electrons. The molecule has 0 aliphatic rings. The van der Waals surface area contributed by atoms with E-state index in [1.807, 2.05) is 6.92 Å². The summed E-state index contributed by atoms with van der Waals surface area (Å²) in [5.41, 5.74) is 5.95. The molecule has 0 saturated heterocycles. The Bertz CT molecular complexity index is 392. The summed E-state index contributed by atoms with van der Waals surface area (Å²) in [6.45, 7) is 4.55. The highest BCUT2D eigenvalue weighted by Crippen LogP contribution is 2.21. The van der Waals surface area contributed by atoms with Gasteiger partial charge < -0.3 is 20.3 Å². The van der Waals surface area contributed by atoms with Gasteiger partial charge in [-0.05, 0) is 32.0 Å². The molecule has 5 nitrogen and oxygen atoms in total. The SMILES string of the molecule is CCOCC(C)OC(=O)c1ccc(O)c(N)c1. The lowest BCUT2D eigenvalue weighted by atomic mass is 10.2. The average Bonchev–Trinajstić information content (AvgIpc) is 2.30. The Balaban J connectivity index is 2.60. The maximum absolute atomic E-state index is 11.7. The van der Waals surface area contributed by atoms with Gasteiger partial charge in [-0.1, -0.05) is 0 Å². The highest BCUT2D eigenvalue weighted by molar-refractivity contribution is 5.91. The van der Waals surface area contributed by atoms with Crippen LogP contribution < -0.4 is 5.73 Å². The predicted octanol–water partition coefficient (Wildman–Crippen LogP) is 1.56. The van der Waals surface area contributed by atoms with E-state index in [0.717, 1.165) is 0 Å². The fraction of sp³-hybridized carbons (Fsp3) is 0.417. The van der Waals surface area contributed by atoms with E-state index in [9.17, 15) is 9.90 Å². The van der Waals surface area contributed by atoms with E-state index in [4.69, 9.17) is 15.2 Å². The van der Waals surface area contributed by atoms with Crippen LogP contribution in [0.2, 0.25) is 0 Å². The first-order valence-corrected chi connectivity index (χ1v) is 5.41. The van der Waals surface area contributed by atoms with E-state index in [1.54, 1.807) is 6.92 Å². The Morgan fingerprint density at radius 3 is 2.82 bits per heavy atom. The number of hydrogen-bond acceptors (Lipinski definition) is 5. The monoisotopic (exact) mass is 239 g/mol. The molecule has 0 aliphatic heterocycles. The van der Waals surface area contributed by atoms with E-state index in [-0.39, 0.29) is 17.5 Å². The van der Waals surface area contributed by atoms with Crippen LogP contribution in [0.15, 0.2) is 18.2 Å². The largest absolute Gasteiger partial charge is 0.506 e. The number of hydrogen-bond donors (Lipinski definition) is 2. The number of rotatable bonds is 5.